The fraction of sp³-hybridized carbons (Fsp3) is 0.679. The van der Waals surface area contributed by atoms with Crippen molar-refractivity contribution in [2.24, 2.45) is 28.2 Å². The third kappa shape index (κ3) is 10.5. The van der Waals surface area contributed by atoms with Gasteiger partial charge in [0.1, 0.15) is 5.78 Å². The minimum absolute atomic E-state index is 0.0232. The summed E-state index contributed by atoms with van der Waals surface area (Å²) in [5.41, 5.74) is 0.875. The van der Waals surface area contributed by atoms with Crippen LogP contribution in [0.5, 0.6) is 0 Å². The van der Waals surface area contributed by atoms with Crippen LogP contribution in [0.25, 0.3) is 0 Å². The average Bonchev–Trinajstić information content (AvgIpc) is 3.24. The molecule has 4 atom stereocenters. The second-order valence-corrected chi connectivity index (χ2v) is 10.2. The van der Waals surface area contributed by atoms with Gasteiger partial charge in [-0.25, -0.2) is 0 Å². The number of hydrogen-bond donors (Lipinski definition) is 2. The second-order valence-electron chi connectivity index (χ2n) is 10.2. The van der Waals surface area contributed by atoms with Crippen molar-refractivity contribution in [1.29, 1.82) is 0 Å². The first-order valence-electron chi connectivity index (χ1n) is 12.6. The molecule has 192 valence electrons. The number of aliphatic imine (C=N–C) groups is 1. The number of ketones is 1. The number of cyclic esters (lactones) is 1. The summed E-state index contributed by atoms with van der Waals surface area (Å²) >= 11 is 0. The van der Waals surface area contributed by atoms with E-state index >= 15 is 0 Å². The molecule has 2 N–H and O–H groups in total. The molecule has 0 saturated carbocycles. The molecule has 2 heterocycles. The highest BCUT2D eigenvalue weighted by molar-refractivity contribution is 5.90. The molecule has 6 heteroatoms. The van der Waals surface area contributed by atoms with Crippen molar-refractivity contribution >= 4 is 17.5 Å². The lowest BCUT2D eigenvalue weighted by atomic mass is 9.74. The molecule has 0 saturated heterocycles. The van der Waals surface area contributed by atoms with E-state index in [1.54, 1.807) is 13.8 Å². The van der Waals surface area contributed by atoms with E-state index in [0.717, 1.165) is 43.5 Å². The van der Waals surface area contributed by atoms with Gasteiger partial charge in [0.25, 0.3) is 0 Å². The molecule has 2 rings (SSSR count). The fourth-order valence-corrected chi connectivity index (χ4v) is 4.16. The van der Waals surface area contributed by atoms with Gasteiger partial charge in [-0.3, -0.25) is 14.6 Å². The lowest BCUT2D eigenvalue weighted by molar-refractivity contribution is -0.151. The molecule has 0 aliphatic carbocycles. The summed E-state index contributed by atoms with van der Waals surface area (Å²) in [6.45, 7) is 11.9. The fourth-order valence-electron chi connectivity index (χ4n) is 4.16. The summed E-state index contributed by atoms with van der Waals surface area (Å²) in [6, 6.07) is 0. The predicted octanol–water partition coefficient (Wildman–Crippen LogP) is 5.20. The van der Waals surface area contributed by atoms with Crippen LogP contribution in [0.1, 0.15) is 80.1 Å². The number of carbonyl (C=O) groups excluding carboxylic acids is 2. The molecule has 34 heavy (non-hydrogen) atoms. The number of ether oxygens (including phenoxy) is 1. The summed E-state index contributed by atoms with van der Waals surface area (Å²) in [5.74, 6) is 0.0857. The Morgan fingerprint density at radius 2 is 1.94 bits per heavy atom. The Hall–Kier alpha value is -2.05. The molecule has 2 aliphatic rings. The van der Waals surface area contributed by atoms with Crippen LogP contribution >= 0.6 is 0 Å². The molecule has 0 radical (unpaired) electrons. The van der Waals surface area contributed by atoms with Gasteiger partial charge in [-0.1, -0.05) is 65.3 Å². The molecule has 0 aromatic heterocycles. The standard InChI is InChI=1S/C20H34O4.C8H11NO/c1-14-9-7-6-8-10-15(2)13-24-18(22)12-17(21)20(4,5)19(23)16(3)11-14;1-2-3-7-4-5-8(6-10)9-7/h8,10,14-17,21H,6-7,9,11-13H2,1-5H3;2-4,10H,5-6H2,1H3/b10-8-;3-2-/t14?,15-,16?,17?;/m0./s1. The predicted molar refractivity (Wildman–Crippen MR) is 138 cm³/mol. The lowest BCUT2D eigenvalue weighted by Crippen LogP contribution is -2.42. The average molecular weight is 476 g/mol. The largest absolute Gasteiger partial charge is 0.465 e. The zero-order chi connectivity index (χ0) is 25.7. The van der Waals surface area contributed by atoms with Gasteiger partial charge in [0, 0.05) is 24.0 Å². The van der Waals surface area contributed by atoms with Crippen molar-refractivity contribution in [3.05, 3.63) is 36.1 Å². The van der Waals surface area contributed by atoms with Gasteiger partial charge in [-0.2, -0.15) is 0 Å². The lowest BCUT2D eigenvalue weighted by Gasteiger charge is -2.32. The molecule has 0 spiro atoms. The third-order valence-corrected chi connectivity index (χ3v) is 6.43. The van der Waals surface area contributed by atoms with E-state index in [1.165, 1.54) is 0 Å². The smallest absolute Gasteiger partial charge is 0.308 e. The van der Waals surface area contributed by atoms with Crippen molar-refractivity contribution < 1.29 is 24.5 Å². The number of nitrogens with zero attached hydrogens (tertiary/aromatic N) is 1. The number of carbonyl (C=O) groups is 2. The second kappa shape index (κ2) is 15.0. The van der Waals surface area contributed by atoms with Gasteiger partial charge in [-0.05, 0) is 38.2 Å². The molecule has 6 nitrogen and oxygen atoms in total. The van der Waals surface area contributed by atoms with Crippen molar-refractivity contribution in [1.82, 2.24) is 0 Å². The Kier molecular flexibility index (Phi) is 13.3. The summed E-state index contributed by atoms with van der Waals surface area (Å²) in [7, 11) is 0. The van der Waals surface area contributed by atoms with E-state index in [2.05, 4.69) is 24.1 Å². The van der Waals surface area contributed by atoms with E-state index in [4.69, 9.17) is 9.84 Å². The number of aliphatic hydroxyl groups is 2. The van der Waals surface area contributed by atoms with E-state index in [1.807, 2.05) is 39.0 Å². The van der Waals surface area contributed by atoms with Crippen LogP contribution < -0.4 is 0 Å². The van der Waals surface area contributed by atoms with Gasteiger partial charge in [0.05, 0.1) is 36.9 Å². The molecule has 0 fully saturated rings. The Bertz CT molecular complexity index is 778. The highest BCUT2D eigenvalue weighted by atomic mass is 16.5. The highest BCUT2D eigenvalue weighted by Crippen LogP contribution is 2.31. The topological polar surface area (TPSA) is 96.2 Å². The summed E-state index contributed by atoms with van der Waals surface area (Å²) in [4.78, 5) is 28.8. The minimum atomic E-state index is -1.02. The van der Waals surface area contributed by atoms with Gasteiger partial charge in [0.2, 0.25) is 0 Å². The number of rotatable bonds is 2. The van der Waals surface area contributed by atoms with Gasteiger partial charge < -0.3 is 14.9 Å². The number of esters is 1. The Balaban J connectivity index is 0.000000479. The molecular weight excluding hydrogens is 430 g/mol. The van der Waals surface area contributed by atoms with Crippen LogP contribution in [0.15, 0.2) is 41.1 Å². The highest BCUT2D eigenvalue weighted by Gasteiger charge is 2.39. The van der Waals surface area contributed by atoms with Crippen molar-refractivity contribution in [2.75, 3.05) is 13.2 Å². The number of allylic oxidation sites excluding steroid dienone is 4. The molecule has 3 unspecified atom stereocenters. The number of hydrogen-bond acceptors (Lipinski definition) is 6. The van der Waals surface area contributed by atoms with Crippen LogP contribution in [-0.2, 0) is 14.3 Å². The number of Topliss-reactive ketones (excluding diaryl/α,β-unsaturated/α-hetero) is 1. The zero-order valence-corrected chi connectivity index (χ0v) is 21.9. The van der Waals surface area contributed by atoms with E-state index in [-0.39, 0.29) is 30.6 Å². The van der Waals surface area contributed by atoms with E-state index in [9.17, 15) is 14.7 Å². The first-order chi connectivity index (χ1) is 16.0. The van der Waals surface area contributed by atoms with Gasteiger partial charge >= 0.3 is 5.97 Å². The van der Waals surface area contributed by atoms with Crippen LogP contribution in [0.2, 0.25) is 0 Å². The third-order valence-electron chi connectivity index (χ3n) is 6.43. The van der Waals surface area contributed by atoms with Gasteiger partial charge in [-0.15, -0.1) is 0 Å². The van der Waals surface area contributed by atoms with Crippen LogP contribution in [0.3, 0.4) is 0 Å². The molecule has 2 aliphatic heterocycles. The van der Waals surface area contributed by atoms with Gasteiger partial charge in [0.15, 0.2) is 0 Å². The zero-order valence-electron chi connectivity index (χ0n) is 21.9. The molecule has 0 aromatic rings. The van der Waals surface area contributed by atoms with Crippen LogP contribution in [0.4, 0.5) is 0 Å². The van der Waals surface area contributed by atoms with Crippen molar-refractivity contribution in [2.45, 2.75) is 86.2 Å². The normalized spacial score (nSPS) is 30.1. The van der Waals surface area contributed by atoms with Crippen LogP contribution in [-0.4, -0.2) is 47.0 Å². The molecule has 0 bridgehead atoms. The quantitative estimate of drug-likeness (QED) is 0.423. The van der Waals surface area contributed by atoms with E-state index < -0.39 is 17.5 Å². The Labute approximate surface area is 205 Å². The SMILES string of the molecule is C/C=C\C1=CCC(CO)=N1.CC1CCC/C=C\[C@H](C)COC(=O)CC(O)C(C)(C)C(=O)C(C)C1. The first kappa shape index (κ1) is 30.0. The van der Waals surface area contributed by atoms with Crippen LogP contribution in [0, 0.1) is 23.2 Å². The summed E-state index contributed by atoms with van der Waals surface area (Å²) < 4.78 is 5.24. The number of aliphatic hydroxyl groups excluding tert-OH is 2. The molecule has 0 amide bonds. The molecule has 0 aromatic carbocycles. The maximum atomic E-state index is 12.8. The maximum Gasteiger partial charge on any atom is 0.308 e. The summed E-state index contributed by atoms with van der Waals surface area (Å²) in [5, 5.41) is 19.1. The van der Waals surface area contributed by atoms with E-state index in [0.29, 0.717) is 12.5 Å². The first-order valence-corrected chi connectivity index (χ1v) is 12.6. The summed E-state index contributed by atoms with van der Waals surface area (Å²) in [6.07, 6.45) is 13.8. The minimum Gasteiger partial charge on any atom is -0.465 e. The van der Waals surface area contributed by atoms with Crippen molar-refractivity contribution in [3.8, 4) is 0 Å². The monoisotopic (exact) mass is 475 g/mol. The molecular formula is C28H45NO5. The Morgan fingerprint density at radius 3 is 2.56 bits per heavy atom. The van der Waals surface area contributed by atoms with Crippen molar-refractivity contribution in [3.63, 3.8) is 0 Å². The maximum absolute atomic E-state index is 12.8. The Morgan fingerprint density at radius 1 is 1.24 bits per heavy atom.